The van der Waals surface area contributed by atoms with E-state index in [9.17, 15) is 9.90 Å². The highest BCUT2D eigenvalue weighted by Crippen LogP contribution is 2.24. The van der Waals surface area contributed by atoms with Gasteiger partial charge in [0, 0.05) is 31.7 Å². The Balaban J connectivity index is 2.07. The molecule has 0 spiro atoms. The molecule has 4 nitrogen and oxygen atoms in total. The van der Waals surface area contributed by atoms with Gasteiger partial charge in [-0.1, -0.05) is 31.4 Å². The van der Waals surface area contributed by atoms with Crippen LogP contribution < -0.4 is 5.32 Å². The summed E-state index contributed by atoms with van der Waals surface area (Å²) in [5, 5.41) is 12.0. The molecule has 1 aromatic rings. The highest BCUT2D eigenvalue weighted by molar-refractivity contribution is 5.94. The van der Waals surface area contributed by atoms with Crippen molar-refractivity contribution < 1.29 is 9.90 Å². The zero-order valence-corrected chi connectivity index (χ0v) is 12.8. The molecule has 0 atom stereocenters. The Morgan fingerprint density at radius 1 is 1.33 bits per heavy atom. The van der Waals surface area contributed by atoms with E-state index < -0.39 is 0 Å². The first kappa shape index (κ1) is 16.0. The van der Waals surface area contributed by atoms with Gasteiger partial charge in [0.05, 0.1) is 6.61 Å². The average molecular weight is 290 g/mol. The lowest BCUT2D eigenvalue weighted by Gasteiger charge is -2.34. The van der Waals surface area contributed by atoms with Crippen LogP contribution in [0.15, 0.2) is 24.3 Å². The molecule has 1 aromatic carbocycles. The first-order valence-corrected chi connectivity index (χ1v) is 7.90. The highest BCUT2D eigenvalue weighted by Gasteiger charge is 2.21. The molecule has 1 amide bonds. The number of nitrogens with zero attached hydrogens (tertiary/aromatic N) is 1. The van der Waals surface area contributed by atoms with E-state index in [1.54, 1.807) is 7.05 Å². The molecule has 0 bridgehead atoms. The van der Waals surface area contributed by atoms with Gasteiger partial charge in [-0.3, -0.25) is 9.69 Å². The minimum atomic E-state index is -0.0526. The summed E-state index contributed by atoms with van der Waals surface area (Å²) in [6, 6.07) is 8.33. The first-order chi connectivity index (χ1) is 10.2. The Hall–Kier alpha value is -1.39. The second-order valence-corrected chi connectivity index (χ2v) is 5.77. The van der Waals surface area contributed by atoms with Gasteiger partial charge >= 0.3 is 0 Å². The largest absolute Gasteiger partial charge is 0.395 e. The lowest BCUT2D eigenvalue weighted by molar-refractivity contribution is 0.0962. The molecule has 0 aromatic heterocycles. The number of rotatable bonds is 6. The van der Waals surface area contributed by atoms with E-state index in [2.05, 4.69) is 16.3 Å². The van der Waals surface area contributed by atoms with Crippen molar-refractivity contribution in [1.82, 2.24) is 10.2 Å². The second-order valence-electron chi connectivity index (χ2n) is 5.77. The fourth-order valence-corrected chi connectivity index (χ4v) is 3.16. The molecule has 0 saturated heterocycles. The van der Waals surface area contributed by atoms with Gasteiger partial charge in [0.2, 0.25) is 0 Å². The Labute approximate surface area is 127 Å². The summed E-state index contributed by atoms with van der Waals surface area (Å²) in [5.41, 5.74) is 1.83. The highest BCUT2D eigenvalue weighted by atomic mass is 16.3. The number of nitrogens with one attached hydrogen (secondary N) is 1. The van der Waals surface area contributed by atoms with Crippen molar-refractivity contribution in [2.45, 2.75) is 44.7 Å². The maximum Gasteiger partial charge on any atom is 0.251 e. The van der Waals surface area contributed by atoms with Crippen molar-refractivity contribution in [2.24, 2.45) is 0 Å². The fraction of sp³-hybridized carbons (Fsp3) is 0.588. The summed E-state index contributed by atoms with van der Waals surface area (Å²) in [5.74, 6) is -0.0526. The number of carbonyl (C=O) groups excluding carboxylic acids is 1. The standard InChI is InChI=1S/C17H26N2O2/c1-18-17(21)15-7-5-6-14(12-15)13-19(10-11-20)16-8-3-2-4-9-16/h5-7,12,16,20H,2-4,8-11,13H2,1H3,(H,18,21). The smallest absolute Gasteiger partial charge is 0.251 e. The zero-order valence-electron chi connectivity index (χ0n) is 12.8. The van der Waals surface area contributed by atoms with Gasteiger partial charge in [-0.05, 0) is 30.5 Å². The molecule has 4 heteroatoms. The molecule has 0 radical (unpaired) electrons. The molecule has 2 N–H and O–H groups in total. The maximum absolute atomic E-state index is 11.7. The van der Waals surface area contributed by atoms with Crippen molar-refractivity contribution in [2.75, 3.05) is 20.2 Å². The Morgan fingerprint density at radius 2 is 2.10 bits per heavy atom. The van der Waals surface area contributed by atoms with Gasteiger partial charge < -0.3 is 10.4 Å². The summed E-state index contributed by atoms with van der Waals surface area (Å²) in [6.07, 6.45) is 6.33. The molecule has 1 fully saturated rings. The van der Waals surface area contributed by atoms with Crippen molar-refractivity contribution in [3.8, 4) is 0 Å². The molecule has 0 unspecified atom stereocenters. The quantitative estimate of drug-likeness (QED) is 0.844. The molecular weight excluding hydrogens is 264 g/mol. The third kappa shape index (κ3) is 4.55. The molecule has 1 saturated carbocycles. The lowest BCUT2D eigenvalue weighted by atomic mass is 9.93. The lowest BCUT2D eigenvalue weighted by Crippen LogP contribution is -2.38. The van der Waals surface area contributed by atoms with Crippen LogP contribution in [0.25, 0.3) is 0 Å². The molecule has 21 heavy (non-hydrogen) atoms. The summed E-state index contributed by atoms with van der Waals surface area (Å²) in [4.78, 5) is 14.1. The van der Waals surface area contributed by atoms with Crippen LogP contribution in [0.1, 0.15) is 48.0 Å². The van der Waals surface area contributed by atoms with E-state index in [-0.39, 0.29) is 12.5 Å². The zero-order chi connectivity index (χ0) is 15.1. The third-order valence-corrected chi connectivity index (χ3v) is 4.28. The number of hydrogen-bond donors (Lipinski definition) is 2. The van der Waals surface area contributed by atoms with Gasteiger partial charge in [-0.25, -0.2) is 0 Å². The number of carbonyl (C=O) groups is 1. The Bertz CT molecular complexity index is 456. The normalized spacial score (nSPS) is 16.1. The van der Waals surface area contributed by atoms with E-state index in [4.69, 9.17) is 0 Å². The van der Waals surface area contributed by atoms with Crippen LogP contribution in [0.5, 0.6) is 0 Å². The molecule has 2 rings (SSSR count). The minimum absolute atomic E-state index is 0.0526. The predicted octanol–water partition coefficient (Wildman–Crippen LogP) is 2.17. The van der Waals surface area contributed by atoms with Crippen LogP contribution in [0.3, 0.4) is 0 Å². The predicted molar refractivity (Wildman–Crippen MR) is 84.2 cm³/mol. The van der Waals surface area contributed by atoms with Crippen LogP contribution in [0, 0.1) is 0 Å². The number of aliphatic hydroxyl groups is 1. The second kappa shape index (κ2) is 8.15. The SMILES string of the molecule is CNC(=O)c1cccc(CN(CCO)C2CCCCC2)c1. The molecular formula is C17H26N2O2. The van der Waals surface area contributed by atoms with Crippen LogP contribution in [-0.2, 0) is 6.54 Å². The summed E-state index contributed by atoms with van der Waals surface area (Å²) in [7, 11) is 1.65. The van der Waals surface area contributed by atoms with Crippen LogP contribution >= 0.6 is 0 Å². The minimum Gasteiger partial charge on any atom is -0.395 e. The van der Waals surface area contributed by atoms with Crippen molar-refractivity contribution in [3.63, 3.8) is 0 Å². The molecule has 0 aliphatic heterocycles. The van der Waals surface area contributed by atoms with E-state index in [1.165, 1.54) is 32.1 Å². The van der Waals surface area contributed by atoms with Gasteiger partial charge in [0.15, 0.2) is 0 Å². The van der Waals surface area contributed by atoms with Gasteiger partial charge in [0.1, 0.15) is 0 Å². The van der Waals surface area contributed by atoms with Crippen LogP contribution in [-0.4, -0.2) is 42.2 Å². The summed E-state index contributed by atoms with van der Waals surface area (Å²) >= 11 is 0. The van der Waals surface area contributed by atoms with Gasteiger partial charge in [-0.15, -0.1) is 0 Å². The van der Waals surface area contributed by atoms with E-state index >= 15 is 0 Å². The first-order valence-electron chi connectivity index (χ1n) is 7.90. The number of benzene rings is 1. The average Bonchev–Trinajstić information content (AvgIpc) is 2.55. The number of hydrogen-bond acceptors (Lipinski definition) is 3. The van der Waals surface area contributed by atoms with Gasteiger partial charge in [-0.2, -0.15) is 0 Å². The van der Waals surface area contributed by atoms with Crippen molar-refractivity contribution in [1.29, 1.82) is 0 Å². The summed E-state index contributed by atoms with van der Waals surface area (Å²) in [6.45, 7) is 1.69. The van der Waals surface area contributed by atoms with E-state index in [0.717, 1.165) is 12.1 Å². The van der Waals surface area contributed by atoms with E-state index in [0.29, 0.717) is 18.2 Å². The molecule has 1 aliphatic carbocycles. The number of aliphatic hydroxyl groups excluding tert-OH is 1. The van der Waals surface area contributed by atoms with E-state index in [1.807, 2.05) is 18.2 Å². The Morgan fingerprint density at radius 3 is 2.76 bits per heavy atom. The third-order valence-electron chi connectivity index (χ3n) is 4.28. The number of amides is 1. The maximum atomic E-state index is 11.7. The molecule has 1 aliphatic rings. The molecule has 116 valence electrons. The van der Waals surface area contributed by atoms with Crippen molar-refractivity contribution in [3.05, 3.63) is 35.4 Å². The Kier molecular flexibility index (Phi) is 6.21. The fourth-order valence-electron chi connectivity index (χ4n) is 3.16. The molecule has 0 heterocycles. The van der Waals surface area contributed by atoms with Crippen LogP contribution in [0.2, 0.25) is 0 Å². The van der Waals surface area contributed by atoms with Crippen molar-refractivity contribution >= 4 is 5.91 Å². The summed E-state index contributed by atoms with van der Waals surface area (Å²) < 4.78 is 0. The van der Waals surface area contributed by atoms with Crippen LogP contribution in [0.4, 0.5) is 0 Å². The van der Waals surface area contributed by atoms with Gasteiger partial charge in [0.25, 0.3) is 5.91 Å². The topological polar surface area (TPSA) is 52.6 Å². The monoisotopic (exact) mass is 290 g/mol.